The lowest BCUT2D eigenvalue weighted by atomic mass is 10.0. The average Bonchev–Trinajstić information content (AvgIpc) is 2.50. The van der Waals surface area contributed by atoms with E-state index in [1.807, 2.05) is 0 Å². The van der Waals surface area contributed by atoms with Gasteiger partial charge in [-0.05, 0) is 18.8 Å². The Hall–Kier alpha value is -0.120. The molecule has 3 heteroatoms. The smallest absolute Gasteiger partial charge is 0.169 e. The second-order valence-corrected chi connectivity index (χ2v) is 4.68. The summed E-state index contributed by atoms with van der Waals surface area (Å²) >= 11 is 0. The third kappa shape index (κ3) is 2.10. The van der Waals surface area contributed by atoms with Crippen LogP contribution in [0.1, 0.15) is 39.0 Å². The molecule has 1 aliphatic carbocycles. The van der Waals surface area contributed by atoms with Crippen LogP contribution in [0.4, 0.5) is 0 Å². The second kappa shape index (κ2) is 4.17. The van der Waals surface area contributed by atoms with E-state index < -0.39 is 0 Å². The van der Waals surface area contributed by atoms with Gasteiger partial charge in [-0.1, -0.05) is 13.3 Å². The molecule has 1 heterocycles. The van der Waals surface area contributed by atoms with Crippen LogP contribution in [0.3, 0.4) is 0 Å². The molecule has 1 spiro atoms. The molecule has 0 amide bonds. The maximum Gasteiger partial charge on any atom is 0.169 e. The van der Waals surface area contributed by atoms with Gasteiger partial charge in [-0.2, -0.15) is 0 Å². The first-order valence-corrected chi connectivity index (χ1v) is 5.67. The molecular formula is C11H20O3. The molecule has 0 aromatic rings. The molecule has 3 atom stereocenters. The van der Waals surface area contributed by atoms with E-state index in [1.165, 1.54) is 19.3 Å². The fourth-order valence-electron chi connectivity index (χ4n) is 2.42. The van der Waals surface area contributed by atoms with E-state index in [0.29, 0.717) is 6.61 Å². The van der Waals surface area contributed by atoms with Crippen LogP contribution < -0.4 is 0 Å². The number of rotatable bonds is 1. The van der Waals surface area contributed by atoms with Gasteiger partial charge in [0, 0.05) is 12.8 Å². The van der Waals surface area contributed by atoms with E-state index in [4.69, 9.17) is 14.6 Å². The summed E-state index contributed by atoms with van der Waals surface area (Å²) in [5.41, 5.74) is 0. The molecule has 2 aliphatic rings. The van der Waals surface area contributed by atoms with Crippen molar-refractivity contribution in [2.45, 2.75) is 50.9 Å². The summed E-state index contributed by atoms with van der Waals surface area (Å²) in [6.07, 6.45) is 5.53. The van der Waals surface area contributed by atoms with Crippen molar-refractivity contribution in [2.75, 3.05) is 13.2 Å². The van der Waals surface area contributed by atoms with Gasteiger partial charge in [0.25, 0.3) is 0 Å². The Morgan fingerprint density at radius 3 is 2.93 bits per heavy atom. The van der Waals surface area contributed by atoms with Crippen LogP contribution in [0.25, 0.3) is 0 Å². The zero-order valence-corrected chi connectivity index (χ0v) is 8.87. The topological polar surface area (TPSA) is 38.7 Å². The number of hydrogen-bond acceptors (Lipinski definition) is 3. The highest BCUT2D eigenvalue weighted by Gasteiger charge is 2.41. The van der Waals surface area contributed by atoms with Gasteiger partial charge in [-0.25, -0.2) is 0 Å². The first-order chi connectivity index (χ1) is 6.74. The Kier molecular flexibility index (Phi) is 3.10. The minimum atomic E-state index is -0.349. The number of hydrogen-bond donors (Lipinski definition) is 1. The highest BCUT2D eigenvalue weighted by molar-refractivity contribution is 4.82. The Balaban J connectivity index is 1.95. The average molecular weight is 200 g/mol. The van der Waals surface area contributed by atoms with Gasteiger partial charge < -0.3 is 14.6 Å². The Bertz CT molecular complexity index is 195. The van der Waals surface area contributed by atoms with Gasteiger partial charge in [0.1, 0.15) is 6.10 Å². The maximum atomic E-state index is 9.00. The lowest BCUT2D eigenvalue weighted by molar-refractivity contribution is -0.179. The molecular weight excluding hydrogens is 180 g/mol. The third-order valence-corrected chi connectivity index (χ3v) is 3.39. The molecule has 14 heavy (non-hydrogen) atoms. The van der Waals surface area contributed by atoms with Crippen LogP contribution in [0, 0.1) is 5.92 Å². The Labute approximate surface area is 85.4 Å². The summed E-state index contributed by atoms with van der Waals surface area (Å²) in [4.78, 5) is 0. The van der Waals surface area contributed by atoms with Crippen molar-refractivity contribution in [1.82, 2.24) is 0 Å². The fourth-order valence-corrected chi connectivity index (χ4v) is 2.42. The third-order valence-electron chi connectivity index (χ3n) is 3.39. The highest BCUT2D eigenvalue weighted by Crippen LogP contribution is 2.38. The van der Waals surface area contributed by atoms with Crippen LogP contribution in [0.5, 0.6) is 0 Å². The molecule has 1 N–H and O–H groups in total. The van der Waals surface area contributed by atoms with Crippen molar-refractivity contribution in [3.8, 4) is 0 Å². The van der Waals surface area contributed by atoms with Gasteiger partial charge in [0.05, 0.1) is 13.2 Å². The summed E-state index contributed by atoms with van der Waals surface area (Å²) in [6.45, 7) is 2.93. The summed E-state index contributed by atoms with van der Waals surface area (Å²) in [5, 5.41) is 9.00. The summed E-state index contributed by atoms with van der Waals surface area (Å²) in [7, 11) is 0. The van der Waals surface area contributed by atoms with Gasteiger partial charge in [0.2, 0.25) is 0 Å². The van der Waals surface area contributed by atoms with Crippen LogP contribution in [-0.4, -0.2) is 30.2 Å². The van der Waals surface area contributed by atoms with E-state index >= 15 is 0 Å². The molecule has 2 rings (SSSR count). The Morgan fingerprint density at radius 1 is 1.36 bits per heavy atom. The molecule has 0 bridgehead atoms. The molecule has 3 nitrogen and oxygen atoms in total. The van der Waals surface area contributed by atoms with E-state index in [-0.39, 0.29) is 18.5 Å². The SMILES string of the molecule is CC1CCCC2(CC1)OCC(CO)O2. The molecule has 0 radical (unpaired) electrons. The molecule has 2 fully saturated rings. The van der Waals surface area contributed by atoms with E-state index in [0.717, 1.165) is 18.8 Å². The van der Waals surface area contributed by atoms with Crippen LogP contribution in [0.2, 0.25) is 0 Å². The van der Waals surface area contributed by atoms with Crippen LogP contribution >= 0.6 is 0 Å². The van der Waals surface area contributed by atoms with Gasteiger partial charge in [0.15, 0.2) is 5.79 Å². The number of aliphatic hydroxyl groups excluding tert-OH is 1. The molecule has 1 saturated heterocycles. The molecule has 1 saturated carbocycles. The zero-order chi connectivity index (χ0) is 10.0. The number of aliphatic hydroxyl groups is 1. The van der Waals surface area contributed by atoms with Gasteiger partial charge in [-0.3, -0.25) is 0 Å². The first-order valence-electron chi connectivity index (χ1n) is 5.67. The lowest BCUT2D eigenvalue weighted by Crippen LogP contribution is -2.30. The predicted molar refractivity (Wildman–Crippen MR) is 52.9 cm³/mol. The van der Waals surface area contributed by atoms with Crippen molar-refractivity contribution in [3.05, 3.63) is 0 Å². The highest BCUT2D eigenvalue weighted by atomic mass is 16.7. The molecule has 1 aliphatic heterocycles. The predicted octanol–water partition coefficient (Wildman–Crippen LogP) is 1.69. The monoisotopic (exact) mass is 200 g/mol. The van der Waals surface area contributed by atoms with Crippen molar-refractivity contribution in [3.63, 3.8) is 0 Å². The quantitative estimate of drug-likeness (QED) is 0.700. The summed E-state index contributed by atoms with van der Waals surface area (Å²) in [6, 6.07) is 0. The molecule has 0 aromatic heterocycles. The second-order valence-electron chi connectivity index (χ2n) is 4.68. The van der Waals surface area contributed by atoms with Crippen LogP contribution in [0.15, 0.2) is 0 Å². The summed E-state index contributed by atoms with van der Waals surface area (Å²) in [5.74, 6) is 0.438. The minimum Gasteiger partial charge on any atom is -0.394 e. The van der Waals surface area contributed by atoms with E-state index in [2.05, 4.69) is 6.92 Å². The largest absolute Gasteiger partial charge is 0.394 e. The van der Waals surface area contributed by atoms with Gasteiger partial charge >= 0.3 is 0 Å². The van der Waals surface area contributed by atoms with E-state index in [9.17, 15) is 0 Å². The zero-order valence-electron chi connectivity index (χ0n) is 8.87. The van der Waals surface area contributed by atoms with Crippen molar-refractivity contribution in [1.29, 1.82) is 0 Å². The summed E-state index contributed by atoms with van der Waals surface area (Å²) < 4.78 is 11.5. The number of ether oxygens (including phenoxy) is 2. The first kappa shape index (κ1) is 10.4. The van der Waals surface area contributed by atoms with Crippen molar-refractivity contribution >= 4 is 0 Å². The van der Waals surface area contributed by atoms with E-state index in [1.54, 1.807) is 0 Å². The molecule has 3 unspecified atom stereocenters. The molecule has 82 valence electrons. The molecule has 0 aromatic carbocycles. The normalized spacial score (nSPS) is 44.1. The standard InChI is InChI=1S/C11H20O3/c1-9-3-2-5-11(6-4-9)13-8-10(7-12)14-11/h9-10,12H,2-8H2,1H3. The van der Waals surface area contributed by atoms with Crippen molar-refractivity contribution < 1.29 is 14.6 Å². The fraction of sp³-hybridized carbons (Fsp3) is 1.00. The van der Waals surface area contributed by atoms with Crippen molar-refractivity contribution in [2.24, 2.45) is 5.92 Å². The lowest BCUT2D eigenvalue weighted by Gasteiger charge is -2.26. The minimum absolute atomic E-state index is 0.0807. The maximum absolute atomic E-state index is 9.00. The van der Waals surface area contributed by atoms with Gasteiger partial charge in [-0.15, -0.1) is 0 Å². The van der Waals surface area contributed by atoms with Crippen LogP contribution in [-0.2, 0) is 9.47 Å². The Morgan fingerprint density at radius 2 is 2.21 bits per heavy atom.